The van der Waals surface area contributed by atoms with Gasteiger partial charge >= 0.3 is 0 Å². The Morgan fingerprint density at radius 3 is 2.58 bits per heavy atom. The first-order chi connectivity index (χ1) is 14.9. The highest BCUT2D eigenvalue weighted by atomic mass is 35.5. The van der Waals surface area contributed by atoms with E-state index in [2.05, 4.69) is 70.0 Å². The van der Waals surface area contributed by atoms with E-state index in [9.17, 15) is 0 Å². The van der Waals surface area contributed by atoms with Crippen molar-refractivity contribution in [1.29, 1.82) is 0 Å². The smallest absolute Gasteiger partial charge is 0.160 e. The van der Waals surface area contributed by atoms with Gasteiger partial charge in [0.2, 0.25) is 0 Å². The Bertz CT molecular complexity index is 1010. The first-order valence-electron chi connectivity index (χ1n) is 10.8. The topological polar surface area (TPSA) is 73.8 Å². The zero-order valence-corrected chi connectivity index (χ0v) is 19.4. The number of halogens is 1. The summed E-state index contributed by atoms with van der Waals surface area (Å²) in [4.78, 5) is 18.6. The van der Waals surface area contributed by atoms with Gasteiger partial charge in [-0.1, -0.05) is 25.4 Å². The molecule has 0 aliphatic carbocycles. The molecule has 1 aliphatic heterocycles. The fourth-order valence-corrected chi connectivity index (χ4v) is 4.37. The van der Waals surface area contributed by atoms with Crippen LogP contribution in [0.25, 0.3) is 11.3 Å². The largest absolute Gasteiger partial charge is 0.370 e. The van der Waals surface area contributed by atoms with Gasteiger partial charge in [0.25, 0.3) is 0 Å². The molecule has 0 bridgehead atoms. The minimum absolute atomic E-state index is 0.269. The van der Waals surface area contributed by atoms with Gasteiger partial charge in [0, 0.05) is 36.7 Å². The molecule has 164 valence electrons. The van der Waals surface area contributed by atoms with Crippen molar-refractivity contribution in [2.24, 2.45) is 0 Å². The Labute approximate surface area is 188 Å². The number of H-pyrrole nitrogens is 1. The lowest BCUT2D eigenvalue weighted by molar-refractivity contribution is 0.249. The van der Waals surface area contributed by atoms with Crippen LogP contribution in [0.15, 0.2) is 30.6 Å². The number of hydrogen-bond acceptors (Lipinski definition) is 6. The zero-order chi connectivity index (χ0) is 22.0. The van der Waals surface area contributed by atoms with E-state index in [4.69, 9.17) is 16.6 Å². The number of piperidine rings is 1. The van der Waals surface area contributed by atoms with Crippen LogP contribution < -0.4 is 4.90 Å². The van der Waals surface area contributed by atoms with Crippen LogP contribution in [0.2, 0.25) is 5.15 Å². The minimum atomic E-state index is 0.269. The number of hydrogen-bond donors (Lipinski definition) is 1. The third-order valence-electron chi connectivity index (χ3n) is 6.00. The van der Waals surface area contributed by atoms with E-state index in [-0.39, 0.29) is 5.92 Å². The van der Waals surface area contributed by atoms with E-state index in [1.807, 2.05) is 12.3 Å². The third-order valence-corrected chi connectivity index (χ3v) is 6.27. The van der Waals surface area contributed by atoms with E-state index in [0.717, 1.165) is 41.6 Å². The summed E-state index contributed by atoms with van der Waals surface area (Å²) < 4.78 is 0. The van der Waals surface area contributed by atoms with Crippen molar-refractivity contribution in [3.05, 3.63) is 53.0 Å². The highest BCUT2D eigenvalue weighted by Gasteiger charge is 2.21. The molecule has 1 saturated heterocycles. The summed E-state index contributed by atoms with van der Waals surface area (Å²) in [7, 11) is 4.33. The molecule has 0 saturated carbocycles. The van der Waals surface area contributed by atoms with Gasteiger partial charge in [-0.2, -0.15) is 5.10 Å². The SMILES string of the molecule is CC(C)c1[nH]nc(Cl)c1-c1ccnc(Cc2ccc(N3CCC(N(C)C)CC3)cn2)n1. The molecule has 0 aromatic carbocycles. The molecule has 3 aromatic heterocycles. The summed E-state index contributed by atoms with van der Waals surface area (Å²) in [6, 6.07) is 6.78. The maximum atomic E-state index is 6.33. The fraction of sp³-hybridized carbons (Fsp3) is 0.478. The first kappa shape index (κ1) is 21.7. The first-order valence-corrected chi connectivity index (χ1v) is 11.2. The molecule has 0 spiro atoms. The van der Waals surface area contributed by atoms with Crippen molar-refractivity contribution < 1.29 is 0 Å². The summed E-state index contributed by atoms with van der Waals surface area (Å²) in [5, 5.41) is 7.62. The molecule has 1 aliphatic rings. The number of aromatic amines is 1. The van der Waals surface area contributed by atoms with E-state index in [1.165, 1.54) is 18.5 Å². The molecule has 4 heterocycles. The number of nitrogens with zero attached hydrogens (tertiary/aromatic N) is 6. The van der Waals surface area contributed by atoms with Crippen LogP contribution in [0.5, 0.6) is 0 Å². The molecule has 8 heteroatoms. The summed E-state index contributed by atoms with van der Waals surface area (Å²) in [5.74, 6) is 0.988. The number of anilines is 1. The number of nitrogens with one attached hydrogen (secondary N) is 1. The van der Waals surface area contributed by atoms with Crippen molar-refractivity contribution in [1.82, 2.24) is 30.0 Å². The molecule has 7 nitrogen and oxygen atoms in total. The Balaban J connectivity index is 1.46. The summed E-state index contributed by atoms with van der Waals surface area (Å²) >= 11 is 6.33. The molecule has 0 unspecified atom stereocenters. The van der Waals surface area contributed by atoms with Crippen molar-refractivity contribution in [3.63, 3.8) is 0 Å². The second kappa shape index (κ2) is 9.32. The molecule has 1 fully saturated rings. The second-order valence-electron chi connectivity index (χ2n) is 8.68. The third kappa shape index (κ3) is 4.88. The van der Waals surface area contributed by atoms with E-state index < -0.39 is 0 Å². The minimum Gasteiger partial charge on any atom is -0.370 e. The molecule has 4 rings (SSSR count). The monoisotopic (exact) mass is 439 g/mol. The fourth-order valence-electron chi connectivity index (χ4n) is 4.13. The highest BCUT2D eigenvalue weighted by Crippen LogP contribution is 2.32. The second-order valence-corrected chi connectivity index (χ2v) is 9.04. The van der Waals surface area contributed by atoms with Gasteiger partial charge in [-0.25, -0.2) is 9.97 Å². The van der Waals surface area contributed by atoms with Crippen LogP contribution >= 0.6 is 11.6 Å². The molecule has 1 N–H and O–H groups in total. The van der Waals surface area contributed by atoms with Crippen LogP contribution in [0.1, 0.15) is 49.8 Å². The number of pyridine rings is 1. The number of rotatable bonds is 6. The predicted molar refractivity (Wildman–Crippen MR) is 125 cm³/mol. The lowest BCUT2D eigenvalue weighted by atomic mass is 10.0. The van der Waals surface area contributed by atoms with Crippen molar-refractivity contribution in [3.8, 4) is 11.3 Å². The summed E-state index contributed by atoms with van der Waals surface area (Å²) in [6.07, 6.45) is 6.69. The number of aromatic nitrogens is 5. The van der Waals surface area contributed by atoms with Crippen LogP contribution in [0.4, 0.5) is 5.69 Å². The van der Waals surface area contributed by atoms with Crippen LogP contribution in [0, 0.1) is 0 Å². The molecule has 31 heavy (non-hydrogen) atoms. The lowest BCUT2D eigenvalue weighted by Crippen LogP contribution is -2.42. The molecular formula is C23H30ClN7. The molecule has 0 amide bonds. The van der Waals surface area contributed by atoms with E-state index in [1.54, 1.807) is 6.20 Å². The molecule has 0 atom stereocenters. The Morgan fingerprint density at radius 2 is 1.94 bits per heavy atom. The maximum absolute atomic E-state index is 6.33. The van der Waals surface area contributed by atoms with Gasteiger partial charge in [0.1, 0.15) is 5.82 Å². The normalized spacial score (nSPS) is 15.3. The van der Waals surface area contributed by atoms with Crippen molar-refractivity contribution >= 4 is 17.3 Å². The highest BCUT2D eigenvalue weighted by molar-refractivity contribution is 6.32. The summed E-state index contributed by atoms with van der Waals surface area (Å²) in [5.41, 5.74) is 4.75. The van der Waals surface area contributed by atoms with Gasteiger partial charge in [-0.05, 0) is 51.1 Å². The van der Waals surface area contributed by atoms with E-state index >= 15 is 0 Å². The predicted octanol–water partition coefficient (Wildman–Crippen LogP) is 4.16. The molecule has 3 aromatic rings. The van der Waals surface area contributed by atoms with Gasteiger partial charge < -0.3 is 9.80 Å². The van der Waals surface area contributed by atoms with Crippen molar-refractivity contribution in [2.45, 2.75) is 45.1 Å². The molecular weight excluding hydrogens is 410 g/mol. The zero-order valence-electron chi connectivity index (χ0n) is 18.6. The van der Waals surface area contributed by atoms with Crippen LogP contribution in [-0.2, 0) is 6.42 Å². The van der Waals surface area contributed by atoms with E-state index in [0.29, 0.717) is 17.6 Å². The van der Waals surface area contributed by atoms with Crippen molar-refractivity contribution in [2.75, 3.05) is 32.1 Å². The van der Waals surface area contributed by atoms with Gasteiger partial charge in [0.15, 0.2) is 5.15 Å². The average molecular weight is 440 g/mol. The van der Waals surface area contributed by atoms with Crippen LogP contribution in [-0.4, -0.2) is 63.3 Å². The van der Waals surface area contributed by atoms with Gasteiger partial charge in [-0.15, -0.1) is 0 Å². The van der Waals surface area contributed by atoms with Gasteiger partial charge in [-0.3, -0.25) is 10.1 Å². The van der Waals surface area contributed by atoms with Crippen LogP contribution in [0.3, 0.4) is 0 Å². The Morgan fingerprint density at radius 1 is 1.16 bits per heavy atom. The van der Waals surface area contributed by atoms with Gasteiger partial charge in [0.05, 0.1) is 29.6 Å². The Hall–Kier alpha value is -2.51. The maximum Gasteiger partial charge on any atom is 0.160 e. The average Bonchev–Trinajstić information content (AvgIpc) is 3.16. The quantitative estimate of drug-likeness (QED) is 0.621. The molecule has 0 radical (unpaired) electrons. The lowest BCUT2D eigenvalue weighted by Gasteiger charge is -2.36. The Kier molecular flexibility index (Phi) is 6.53. The summed E-state index contributed by atoms with van der Waals surface area (Å²) in [6.45, 7) is 6.34. The standard InChI is InChI=1S/C23H30ClN7/c1-15(2)22-21(23(24)29-28-22)19-7-10-25-20(27-19)13-16-5-6-18(14-26-16)31-11-8-17(9-12-31)30(3)4/h5-7,10,14-15,17H,8-9,11-13H2,1-4H3,(H,28,29).